The van der Waals surface area contributed by atoms with Crippen molar-refractivity contribution < 1.29 is 20.1 Å². The zero-order valence-corrected chi connectivity index (χ0v) is 18.7. The lowest BCUT2D eigenvalue weighted by Crippen LogP contribution is -2.80. The normalized spacial score (nSPS) is 44.8. The number of ether oxygens (including phenoxy) is 1. The molecule has 5 nitrogen and oxygen atoms in total. The molecule has 1 saturated heterocycles. The number of aromatic hydroxyl groups is 1. The maximum Gasteiger partial charge on any atom is 0.165 e. The fourth-order valence-corrected chi connectivity index (χ4v) is 9.42. The maximum atomic E-state index is 11.3. The highest BCUT2D eigenvalue weighted by molar-refractivity contribution is 5.63. The van der Waals surface area contributed by atoms with Crippen LogP contribution in [0.4, 0.5) is 0 Å². The molecule has 7 aliphatic rings. The third-order valence-corrected chi connectivity index (χ3v) is 10.7. The first kappa shape index (κ1) is 19.2. The maximum absolute atomic E-state index is 11.3. The van der Waals surface area contributed by atoms with Crippen molar-refractivity contribution in [2.75, 3.05) is 19.7 Å². The SMILES string of the molecule is CC(C)(O)[C@H]1C[C@@]23CC[C@]1(CO)C1Oc4c(O)ccc5c4C12CCN(CC1CC1)C3C5. The van der Waals surface area contributed by atoms with Crippen LogP contribution in [0.1, 0.15) is 63.5 Å². The number of nitrogens with zero attached hydrogens (tertiary/aromatic N) is 1. The molecule has 0 radical (unpaired) electrons. The molecule has 168 valence electrons. The molecular formula is C26H35NO4. The van der Waals surface area contributed by atoms with E-state index in [2.05, 4.69) is 11.0 Å². The smallest absolute Gasteiger partial charge is 0.165 e. The van der Waals surface area contributed by atoms with E-state index in [0.717, 1.165) is 44.6 Å². The fourth-order valence-electron chi connectivity index (χ4n) is 9.42. The van der Waals surface area contributed by atoms with E-state index in [-0.39, 0.29) is 35.2 Å². The van der Waals surface area contributed by atoms with E-state index in [0.29, 0.717) is 11.8 Å². The largest absolute Gasteiger partial charge is 0.504 e. The van der Waals surface area contributed by atoms with E-state index in [1.54, 1.807) is 0 Å². The molecule has 5 heteroatoms. The molecule has 4 saturated carbocycles. The first-order valence-corrected chi connectivity index (χ1v) is 12.4. The van der Waals surface area contributed by atoms with Crippen LogP contribution in [0, 0.1) is 22.7 Å². The van der Waals surface area contributed by atoms with E-state index < -0.39 is 11.0 Å². The summed E-state index contributed by atoms with van der Waals surface area (Å²) in [6.07, 6.45) is 7.52. The second-order valence-corrected chi connectivity index (χ2v) is 12.3. The highest BCUT2D eigenvalue weighted by Crippen LogP contribution is 2.79. The molecule has 2 heterocycles. The molecular weight excluding hydrogens is 390 g/mol. The highest BCUT2D eigenvalue weighted by atomic mass is 16.5. The van der Waals surface area contributed by atoms with E-state index in [1.807, 2.05) is 19.9 Å². The van der Waals surface area contributed by atoms with Crippen molar-refractivity contribution >= 4 is 0 Å². The Bertz CT molecular complexity index is 967. The van der Waals surface area contributed by atoms with Gasteiger partial charge in [0.15, 0.2) is 11.5 Å². The Morgan fingerprint density at radius 3 is 2.71 bits per heavy atom. The van der Waals surface area contributed by atoms with Gasteiger partial charge in [0, 0.05) is 34.4 Å². The lowest BCUT2D eigenvalue weighted by molar-refractivity contribution is -0.274. The summed E-state index contributed by atoms with van der Waals surface area (Å²) in [5.41, 5.74) is 1.14. The van der Waals surface area contributed by atoms with Crippen LogP contribution in [-0.4, -0.2) is 57.7 Å². The lowest BCUT2D eigenvalue weighted by Gasteiger charge is -2.75. The number of aliphatic hydroxyl groups is 2. The predicted octanol–water partition coefficient (Wildman–Crippen LogP) is 2.98. The molecule has 1 aromatic rings. The Kier molecular flexibility index (Phi) is 3.47. The van der Waals surface area contributed by atoms with Gasteiger partial charge in [-0.2, -0.15) is 0 Å². The van der Waals surface area contributed by atoms with Crippen molar-refractivity contribution in [3.63, 3.8) is 0 Å². The highest BCUT2D eigenvalue weighted by Gasteiger charge is 2.81. The summed E-state index contributed by atoms with van der Waals surface area (Å²) < 4.78 is 6.75. The number of phenols is 1. The molecule has 6 atom stereocenters. The van der Waals surface area contributed by atoms with Crippen molar-refractivity contribution in [1.82, 2.24) is 4.90 Å². The van der Waals surface area contributed by atoms with Crippen molar-refractivity contribution in [2.45, 2.75) is 82.0 Å². The summed E-state index contributed by atoms with van der Waals surface area (Å²) in [5, 5.41) is 33.0. The third-order valence-electron chi connectivity index (χ3n) is 10.7. The molecule has 2 spiro atoms. The molecule has 5 fully saturated rings. The topological polar surface area (TPSA) is 73.2 Å². The van der Waals surface area contributed by atoms with Gasteiger partial charge in [-0.3, -0.25) is 4.90 Å². The number of hydrogen-bond acceptors (Lipinski definition) is 5. The average Bonchev–Trinajstić information content (AvgIpc) is 3.47. The van der Waals surface area contributed by atoms with Crippen LogP contribution in [-0.2, 0) is 11.8 Å². The van der Waals surface area contributed by atoms with Gasteiger partial charge >= 0.3 is 0 Å². The van der Waals surface area contributed by atoms with Gasteiger partial charge in [0.1, 0.15) is 6.10 Å². The van der Waals surface area contributed by atoms with Crippen molar-refractivity contribution in [3.05, 3.63) is 23.3 Å². The van der Waals surface area contributed by atoms with Crippen LogP contribution < -0.4 is 4.74 Å². The lowest BCUT2D eigenvalue weighted by atomic mass is 9.31. The number of aliphatic hydroxyl groups excluding tert-OH is 1. The summed E-state index contributed by atoms with van der Waals surface area (Å²) in [6, 6.07) is 4.39. The number of piperidine rings is 1. The number of hydrogen-bond donors (Lipinski definition) is 3. The fraction of sp³-hybridized carbons (Fsp3) is 0.769. The van der Waals surface area contributed by atoms with Crippen LogP contribution in [0.5, 0.6) is 11.5 Å². The zero-order valence-electron chi connectivity index (χ0n) is 18.7. The van der Waals surface area contributed by atoms with Gasteiger partial charge < -0.3 is 20.1 Å². The zero-order chi connectivity index (χ0) is 21.4. The first-order valence-electron chi connectivity index (χ1n) is 12.4. The Hall–Kier alpha value is -1.30. The van der Waals surface area contributed by atoms with Gasteiger partial charge in [0.25, 0.3) is 0 Å². The minimum absolute atomic E-state index is 0.0155. The summed E-state index contributed by atoms with van der Waals surface area (Å²) in [6.45, 7) is 6.15. The van der Waals surface area contributed by atoms with Crippen LogP contribution >= 0.6 is 0 Å². The summed E-state index contributed by atoms with van der Waals surface area (Å²) in [5.74, 6) is 1.76. The summed E-state index contributed by atoms with van der Waals surface area (Å²) in [4.78, 5) is 2.78. The minimum Gasteiger partial charge on any atom is -0.504 e. The number of benzene rings is 1. The predicted molar refractivity (Wildman–Crippen MR) is 116 cm³/mol. The van der Waals surface area contributed by atoms with E-state index >= 15 is 0 Å². The molecule has 0 amide bonds. The van der Waals surface area contributed by atoms with Crippen molar-refractivity contribution in [1.29, 1.82) is 0 Å². The number of likely N-dealkylation sites (tertiary alicyclic amines) is 1. The molecule has 5 aliphatic carbocycles. The Labute approximate surface area is 184 Å². The van der Waals surface area contributed by atoms with Crippen LogP contribution in [0.2, 0.25) is 0 Å². The molecule has 3 unspecified atom stereocenters. The van der Waals surface area contributed by atoms with Gasteiger partial charge in [-0.1, -0.05) is 6.07 Å². The monoisotopic (exact) mass is 425 g/mol. The Balaban J connectivity index is 1.49. The molecule has 3 N–H and O–H groups in total. The van der Waals surface area contributed by atoms with Crippen LogP contribution in [0.25, 0.3) is 0 Å². The minimum atomic E-state index is -0.881. The van der Waals surface area contributed by atoms with E-state index in [1.165, 1.54) is 30.5 Å². The molecule has 2 aliphatic heterocycles. The molecule has 31 heavy (non-hydrogen) atoms. The van der Waals surface area contributed by atoms with Crippen molar-refractivity contribution in [2.24, 2.45) is 22.7 Å². The van der Waals surface area contributed by atoms with Gasteiger partial charge in [0.05, 0.1) is 12.2 Å². The van der Waals surface area contributed by atoms with E-state index in [9.17, 15) is 15.3 Å². The number of phenolic OH excluding ortho intramolecular Hbond substituents is 1. The quantitative estimate of drug-likeness (QED) is 0.692. The van der Waals surface area contributed by atoms with Gasteiger partial charge in [0.2, 0.25) is 0 Å². The Morgan fingerprint density at radius 2 is 2.00 bits per heavy atom. The van der Waals surface area contributed by atoms with Crippen LogP contribution in [0.15, 0.2) is 12.1 Å². The summed E-state index contributed by atoms with van der Waals surface area (Å²) in [7, 11) is 0. The molecule has 8 rings (SSSR count). The van der Waals surface area contributed by atoms with Gasteiger partial charge in [-0.05, 0) is 88.8 Å². The molecule has 1 aromatic carbocycles. The average molecular weight is 426 g/mol. The third kappa shape index (κ3) is 2.02. The van der Waals surface area contributed by atoms with Crippen molar-refractivity contribution in [3.8, 4) is 11.5 Å². The molecule has 4 bridgehead atoms. The second kappa shape index (κ2) is 5.60. The summed E-state index contributed by atoms with van der Waals surface area (Å²) >= 11 is 0. The first-order chi connectivity index (χ1) is 14.8. The van der Waals surface area contributed by atoms with E-state index in [4.69, 9.17) is 4.74 Å². The van der Waals surface area contributed by atoms with Gasteiger partial charge in [-0.15, -0.1) is 0 Å². The Morgan fingerprint density at radius 1 is 1.19 bits per heavy atom. The van der Waals surface area contributed by atoms with Crippen LogP contribution in [0.3, 0.4) is 0 Å². The standard InChI is InChI=1S/C26H35NO4/c1-23(2,30)18-12-25-8-7-24(18,14-28)22-26(25)9-10-27(13-15-3-4-15)19(25)11-16-5-6-17(29)21(31-22)20(16)26/h5-6,15,18-19,22,28-30H,3-4,7-14H2,1-2H3/t18-,19?,22?,24-,25-,26?/m1/s1. The second-order valence-electron chi connectivity index (χ2n) is 12.3. The number of rotatable bonds is 4. The van der Waals surface area contributed by atoms with Gasteiger partial charge in [-0.25, -0.2) is 0 Å². The molecule has 0 aromatic heterocycles. The number of fused-ring (bicyclic) bond motifs is 2.